The number of nitrogen functional groups attached to an aromatic ring is 1. The lowest BCUT2D eigenvalue weighted by Crippen LogP contribution is -2.26. The highest BCUT2D eigenvalue weighted by Crippen LogP contribution is 2.39. The smallest absolute Gasteiger partial charge is 0.256 e. The summed E-state index contributed by atoms with van der Waals surface area (Å²) in [7, 11) is 4.74. The first-order valence-corrected chi connectivity index (χ1v) is 12.7. The summed E-state index contributed by atoms with van der Waals surface area (Å²) < 4.78 is 16.0. The molecule has 0 fully saturated rings. The summed E-state index contributed by atoms with van der Waals surface area (Å²) in [5.41, 5.74) is 8.96. The maximum absolute atomic E-state index is 13.4. The first kappa shape index (κ1) is 26.6. The molecule has 0 aliphatic heterocycles. The van der Waals surface area contributed by atoms with Crippen LogP contribution in [0, 0.1) is 0 Å². The Hall–Kier alpha value is -4.50. The molecule has 0 atom stereocenters. The van der Waals surface area contributed by atoms with Crippen molar-refractivity contribution in [1.29, 1.82) is 0 Å². The van der Waals surface area contributed by atoms with E-state index < -0.39 is 0 Å². The summed E-state index contributed by atoms with van der Waals surface area (Å²) in [4.78, 5) is 26.9. The van der Waals surface area contributed by atoms with Crippen LogP contribution in [0.1, 0.15) is 31.2 Å². The lowest BCUT2D eigenvalue weighted by Gasteiger charge is -2.11. The molecule has 0 spiro atoms. The number of ketones is 1. The Balaban J connectivity index is 1.59. The minimum Gasteiger partial charge on any atom is -0.497 e. The number of amides is 1. The number of carbonyl (C=O) groups excluding carboxylic acids is 2. The molecule has 196 valence electrons. The van der Waals surface area contributed by atoms with E-state index in [1.807, 2.05) is 42.5 Å². The van der Waals surface area contributed by atoms with E-state index in [2.05, 4.69) is 10.6 Å². The van der Waals surface area contributed by atoms with Crippen molar-refractivity contribution in [2.75, 3.05) is 38.9 Å². The largest absolute Gasteiger partial charge is 0.497 e. The van der Waals surface area contributed by atoms with E-state index in [9.17, 15) is 9.59 Å². The van der Waals surface area contributed by atoms with E-state index >= 15 is 0 Å². The molecule has 0 aliphatic rings. The van der Waals surface area contributed by atoms with Crippen LogP contribution in [0.15, 0.2) is 72.8 Å². The first-order valence-electron chi connectivity index (χ1n) is 11.9. The third-order valence-corrected chi connectivity index (χ3v) is 7.01. The van der Waals surface area contributed by atoms with Crippen molar-refractivity contribution < 1.29 is 23.8 Å². The van der Waals surface area contributed by atoms with Gasteiger partial charge in [0.05, 0.1) is 32.6 Å². The Morgan fingerprint density at radius 1 is 0.868 bits per heavy atom. The molecule has 0 unspecified atom stereocenters. The number of thiophene rings is 1. The van der Waals surface area contributed by atoms with Crippen LogP contribution in [-0.2, 0) is 6.42 Å². The second kappa shape index (κ2) is 12.2. The summed E-state index contributed by atoms with van der Waals surface area (Å²) >= 11 is 1.15. The van der Waals surface area contributed by atoms with Crippen molar-refractivity contribution in [3.8, 4) is 17.2 Å². The third kappa shape index (κ3) is 5.90. The zero-order valence-electron chi connectivity index (χ0n) is 21.4. The fraction of sp³-hybridized carbons (Fsp3) is 0.172. The number of nitrogens with one attached hydrogen (secondary N) is 2. The second-order valence-corrected chi connectivity index (χ2v) is 9.32. The fourth-order valence-corrected chi connectivity index (χ4v) is 5.02. The van der Waals surface area contributed by atoms with Gasteiger partial charge in [-0.05, 0) is 36.2 Å². The molecule has 4 rings (SSSR count). The van der Waals surface area contributed by atoms with Crippen molar-refractivity contribution in [3.63, 3.8) is 0 Å². The van der Waals surface area contributed by atoms with Crippen molar-refractivity contribution in [2.45, 2.75) is 6.42 Å². The molecule has 1 amide bonds. The number of rotatable bonds is 11. The van der Waals surface area contributed by atoms with E-state index in [4.69, 9.17) is 19.9 Å². The van der Waals surface area contributed by atoms with Crippen molar-refractivity contribution in [3.05, 3.63) is 94.4 Å². The Labute approximate surface area is 225 Å². The summed E-state index contributed by atoms with van der Waals surface area (Å²) in [6, 6.07) is 21.8. The number of ether oxygens (including phenoxy) is 3. The number of methoxy groups -OCH3 is 3. The molecule has 0 bridgehead atoms. The minimum atomic E-state index is -0.378. The molecule has 0 radical (unpaired) electrons. The zero-order valence-corrected chi connectivity index (χ0v) is 22.2. The molecule has 0 saturated heterocycles. The number of carbonyl (C=O) groups is 2. The SMILES string of the molecule is COc1cccc(Nc2sc(C(=O)c3ccccc3)c(N)c2C(=O)NCCc2ccc(OC)c(OC)c2)c1. The molecule has 1 aromatic heterocycles. The number of anilines is 3. The third-order valence-electron chi connectivity index (χ3n) is 5.89. The van der Waals surface area contributed by atoms with E-state index in [0.29, 0.717) is 51.3 Å². The zero-order chi connectivity index (χ0) is 27.1. The van der Waals surface area contributed by atoms with Crippen LogP contribution in [-0.4, -0.2) is 39.6 Å². The summed E-state index contributed by atoms with van der Waals surface area (Å²) in [6.07, 6.45) is 0.560. The highest BCUT2D eigenvalue weighted by atomic mass is 32.1. The molecular weight excluding hydrogens is 502 g/mol. The van der Waals surface area contributed by atoms with Gasteiger partial charge in [0, 0.05) is 23.9 Å². The highest BCUT2D eigenvalue weighted by molar-refractivity contribution is 7.19. The van der Waals surface area contributed by atoms with Crippen molar-refractivity contribution >= 4 is 39.4 Å². The van der Waals surface area contributed by atoms with E-state index in [-0.39, 0.29) is 22.9 Å². The topological polar surface area (TPSA) is 112 Å². The molecule has 38 heavy (non-hydrogen) atoms. The second-order valence-electron chi connectivity index (χ2n) is 8.30. The van der Waals surface area contributed by atoms with Crippen LogP contribution in [0.4, 0.5) is 16.4 Å². The van der Waals surface area contributed by atoms with Gasteiger partial charge in [-0.2, -0.15) is 0 Å². The van der Waals surface area contributed by atoms with Crippen LogP contribution in [0.3, 0.4) is 0 Å². The quantitative estimate of drug-likeness (QED) is 0.225. The Bertz CT molecular complexity index is 1440. The van der Waals surface area contributed by atoms with Gasteiger partial charge in [-0.3, -0.25) is 9.59 Å². The Kier molecular flexibility index (Phi) is 8.50. The van der Waals surface area contributed by atoms with E-state index in [0.717, 1.165) is 16.9 Å². The Morgan fingerprint density at radius 2 is 1.63 bits per heavy atom. The fourth-order valence-electron chi connectivity index (χ4n) is 3.92. The predicted octanol–water partition coefficient (Wildman–Crippen LogP) is 5.30. The monoisotopic (exact) mass is 531 g/mol. The maximum Gasteiger partial charge on any atom is 0.256 e. The van der Waals surface area contributed by atoms with E-state index in [1.54, 1.807) is 51.7 Å². The minimum absolute atomic E-state index is 0.137. The summed E-state index contributed by atoms with van der Waals surface area (Å²) in [5, 5.41) is 6.65. The molecule has 0 aliphatic carbocycles. The molecular formula is C29H29N3O5S. The van der Waals surface area contributed by atoms with Gasteiger partial charge in [0.2, 0.25) is 5.78 Å². The van der Waals surface area contributed by atoms with Crippen LogP contribution in [0.2, 0.25) is 0 Å². The summed E-state index contributed by atoms with van der Waals surface area (Å²) in [5.74, 6) is 1.28. The number of benzene rings is 3. The van der Waals surface area contributed by atoms with Gasteiger partial charge in [-0.1, -0.05) is 42.5 Å². The average molecular weight is 532 g/mol. The lowest BCUT2D eigenvalue weighted by molar-refractivity contribution is 0.0956. The maximum atomic E-state index is 13.4. The van der Waals surface area contributed by atoms with Gasteiger partial charge >= 0.3 is 0 Å². The van der Waals surface area contributed by atoms with Gasteiger partial charge < -0.3 is 30.6 Å². The van der Waals surface area contributed by atoms with E-state index in [1.165, 1.54) is 0 Å². The predicted molar refractivity (Wildman–Crippen MR) is 150 cm³/mol. The molecule has 4 aromatic rings. The molecule has 8 nitrogen and oxygen atoms in total. The van der Waals surface area contributed by atoms with Crippen molar-refractivity contribution in [1.82, 2.24) is 5.32 Å². The highest BCUT2D eigenvalue weighted by Gasteiger charge is 2.26. The molecule has 0 saturated carbocycles. The molecule has 9 heteroatoms. The number of hydrogen-bond donors (Lipinski definition) is 3. The van der Waals surface area contributed by atoms with Crippen LogP contribution in [0.5, 0.6) is 17.2 Å². The molecule has 3 aromatic carbocycles. The normalized spacial score (nSPS) is 10.5. The standard InChI is InChI=1S/C29H29N3O5S/c1-35-21-11-7-10-20(17-21)32-29-24(25(30)27(38-29)26(33)19-8-5-4-6-9-19)28(34)31-15-14-18-12-13-22(36-2)23(16-18)37-3/h4-13,16-17,32H,14-15,30H2,1-3H3,(H,31,34). The molecule has 1 heterocycles. The number of nitrogens with two attached hydrogens (primary N) is 1. The number of hydrogen-bond acceptors (Lipinski definition) is 8. The van der Waals surface area contributed by atoms with Gasteiger partial charge in [0.25, 0.3) is 5.91 Å². The lowest BCUT2D eigenvalue weighted by atomic mass is 10.1. The summed E-state index contributed by atoms with van der Waals surface area (Å²) in [6.45, 7) is 0.351. The van der Waals surface area contributed by atoms with Crippen LogP contribution >= 0.6 is 11.3 Å². The van der Waals surface area contributed by atoms with Gasteiger partial charge in [0.15, 0.2) is 11.5 Å². The van der Waals surface area contributed by atoms with Crippen molar-refractivity contribution in [2.24, 2.45) is 0 Å². The Morgan fingerprint density at radius 3 is 2.34 bits per heavy atom. The van der Waals surface area contributed by atoms with Gasteiger partial charge in [0.1, 0.15) is 15.6 Å². The average Bonchev–Trinajstić information content (AvgIpc) is 3.28. The van der Waals surface area contributed by atoms with Gasteiger partial charge in [-0.15, -0.1) is 11.3 Å². The van der Waals surface area contributed by atoms with Crippen LogP contribution < -0.4 is 30.6 Å². The van der Waals surface area contributed by atoms with Gasteiger partial charge in [-0.25, -0.2) is 0 Å². The first-order chi connectivity index (χ1) is 18.4. The molecule has 4 N–H and O–H groups in total. The van der Waals surface area contributed by atoms with Crippen LogP contribution in [0.25, 0.3) is 0 Å².